The number of carbonyl (C=O) groups is 1. The van der Waals surface area contributed by atoms with Gasteiger partial charge in [-0.3, -0.25) is 4.79 Å². The Kier molecular flexibility index (Phi) is 3.47. The Labute approximate surface area is 136 Å². The summed E-state index contributed by atoms with van der Waals surface area (Å²) in [5, 5.41) is 13.3. The first-order chi connectivity index (χ1) is 11.3. The summed E-state index contributed by atoms with van der Waals surface area (Å²) in [6.07, 6.45) is 4.26. The Morgan fingerprint density at radius 1 is 1.26 bits per heavy atom. The molecule has 4 heteroatoms. The Balaban J connectivity index is 1.93. The van der Waals surface area contributed by atoms with E-state index in [2.05, 4.69) is 41.2 Å². The second kappa shape index (κ2) is 5.52. The number of Topliss-reactive ketones (excluding diaryl/α,β-unsaturated/α-hetero) is 1. The zero-order chi connectivity index (χ0) is 16.0. The maximum atomic E-state index is 12.5. The van der Waals surface area contributed by atoms with Crippen LogP contribution in [0.5, 0.6) is 0 Å². The number of allylic oxidation sites excluding steroid dienone is 2. The molecule has 2 aliphatic heterocycles. The number of oxime groups is 1. The maximum absolute atomic E-state index is 12.5. The summed E-state index contributed by atoms with van der Waals surface area (Å²) in [4.78, 5) is 14.9. The smallest absolute Gasteiger partial charge is 0.166 e. The summed E-state index contributed by atoms with van der Waals surface area (Å²) >= 11 is 0. The van der Waals surface area contributed by atoms with Crippen LogP contribution in [0.4, 0.5) is 0 Å². The number of hydrogen-bond acceptors (Lipinski definition) is 4. The SMILES string of the molecule is CC[C@@H]1C(=NO)C2=C(CCCC2=O)N2CCc3ccccc3[C@@H]12. The lowest BCUT2D eigenvalue weighted by molar-refractivity contribution is -0.116. The standard InChI is InChI=1S/C19H22N2O2/c1-2-13-18(20-23)17-15(8-5-9-16(17)22)21-11-10-12-6-3-4-7-14(12)19(13)21/h3-4,6-7,13,19,23H,2,5,8-11H2,1H3/t13-,19-/m1/s1. The molecule has 1 aromatic rings. The highest BCUT2D eigenvalue weighted by Crippen LogP contribution is 2.47. The minimum absolute atomic E-state index is 0.0715. The van der Waals surface area contributed by atoms with Crippen LogP contribution in [-0.2, 0) is 11.2 Å². The van der Waals surface area contributed by atoms with Gasteiger partial charge in [0, 0.05) is 24.6 Å². The summed E-state index contributed by atoms with van der Waals surface area (Å²) in [7, 11) is 0. The van der Waals surface area contributed by atoms with Crippen LogP contribution in [0.3, 0.4) is 0 Å². The van der Waals surface area contributed by atoms with Crippen molar-refractivity contribution < 1.29 is 10.0 Å². The van der Waals surface area contributed by atoms with Gasteiger partial charge in [-0.1, -0.05) is 36.3 Å². The van der Waals surface area contributed by atoms with Gasteiger partial charge in [0.25, 0.3) is 0 Å². The first-order valence-electron chi connectivity index (χ1n) is 8.59. The van der Waals surface area contributed by atoms with E-state index in [1.807, 2.05) is 0 Å². The summed E-state index contributed by atoms with van der Waals surface area (Å²) in [5.74, 6) is 0.219. The van der Waals surface area contributed by atoms with E-state index in [9.17, 15) is 10.0 Å². The van der Waals surface area contributed by atoms with Gasteiger partial charge in [0.2, 0.25) is 0 Å². The maximum Gasteiger partial charge on any atom is 0.166 e. The Morgan fingerprint density at radius 3 is 2.87 bits per heavy atom. The lowest BCUT2D eigenvalue weighted by Gasteiger charge is -2.49. The van der Waals surface area contributed by atoms with Gasteiger partial charge in [-0.25, -0.2) is 0 Å². The predicted octanol–water partition coefficient (Wildman–Crippen LogP) is 3.46. The van der Waals surface area contributed by atoms with Crippen LogP contribution < -0.4 is 0 Å². The van der Waals surface area contributed by atoms with Crippen LogP contribution in [0.2, 0.25) is 0 Å². The topological polar surface area (TPSA) is 52.9 Å². The molecule has 1 N–H and O–H groups in total. The number of carbonyl (C=O) groups excluding carboxylic acids is 1. The van der Waals surface area contributed by atoms with Crippen molar-refractivity contribution in [2.24, 2.45) is 11.1 Å². The molecule has 1 aromatic carbocycles. The van der Waals surface area contributed by atoms with Crippen molar-refractivity contribution in [1.29, 1.82) is 0 Å². The number of benzene rings is 1. The van der Waals surface area contributed by atoms with Gasteiger partial charge >= 0.3 is 0 Å². The fraction of sp³-hybridized carbons (Fsp3) is 0.474. The van der Waals surface area contributed by atoms with Crippen molar-refractivity contribution >= 4 is 11.5 Å². The highest BCUT2D eigenvalue weighted by molar-refractivity contribution is 6.24. The number of hydrogen-bond donors (Lipinski definition) is 1. The van der Waals surface area contributed by atoms with Crippen LogP contribution >= 0.6 is 0 Å². The van der Waals surface area contributed by atoms with E-state index in [1.165, 1.54) is 11.1 Å². The highest BCUT2D eigenvalue weighted by Gasteiger charge is 2.45. The lowest BCUT2D eigenvalue weighted by Crippen LogP contribution is -2.48. The number of ketones is 1. The highest BCUT2D eigenvalue weighted by atomic mass is 16.4. The molecule has 0 saturated carbocycles. The van der Waals surface area contributed by atoms with Gasteiger partial charge in [-0.2, -0.15) is 0 Å². The van der Waals surface area contributed by atoms with Crippen LogP contribution in [0.25, 0.3) is 0 Å². The third-order valence-corrected chi connectivity index (χ3v) is 5.60. The molecule has 0 bridgehead atoms. The fourth-order valence-corrected chi connectivity index (χ4v) is 4.62. The van der Waals surface area contributed by atoms with Crippen molar-refractivity contribution in [2.75, 3.05) is 6.54 Å². The number of fused-ring (bicyclic) bond motifs is 4. The average Bonchev–Trinajstić information content (AvgIpc) is 2.60. The molecule has 0 aromatic heterocycles. The molecule has 0 amide bonds. The summed E-state index contributed by atoms with van der Waals surface area (Å²) in [5.41, 5.74) is 5.15. The minimum Gasteiger partial charge on any atom is -0.411 e. The zero-order valence-corrected chi connectivity index (χ0v) is 13.5. The summed E-state index contributed by atoms with van der Waals surface area (Å²) in [6, 6.07) is 8.76. The molecule has 2 heterocycles. The van der Waals surface area contributed by atoms with Gasteiger partial charge in [0.05, 0.1) is 17.3 Å². The number of rotatable bonds is 1. The molecule has 4 rings (SSSR count). The third-order valence-electron chi connectivity index (χ3n) is 5.60. The second-order valence-electron chi connectivity index (χ2n) is 6.69. The molecule has 4 nitrogen and oxygen atoms in total. The minimum atomic E-state index is 0.0715. The first-order valence-corrected chi connectivity index (χ1v) is 8.59. The molecule has 0 saturated heterocycles. The van der Waals surface area contributed by atoms with Crippen molar-refractivity contribution in [1.82, 2.24) is 4.90 Å². The van der Waals surface area contributed by atoms with E-state index in [1.54, 1.807) is 0 Å². The average molecular weight is 310 g/mol. The summed E-state index contributed by atoms with van der Waals surface area (Å²) < 4.78 is 0. The lowest BCUT2D eigenvalue weighted by atomic mass is 9.72. The Hall–Kier alpha value is -2.10. The molecule has 2 atom stereocenters. The Morgan fingerprint density at radius 2 is 2.09 bits per heavy atom. The quantitative estimate of drug-likeness (QED) is 0.638. The predicted molar refractivity (Wildman–Crippen MR) is 88.5 cm³/mol. The van der Waals surface area contributed by atoms with Crippen molar-refractivity contribution in [3.05, 3.63) is 46.7 Å². The number of nitrogens with zero attached hydrogens (tertiary/aromatic N) is 2. The largest absolute Gasteiger partial charge is 0.411 e. The molecule has 23 heavy (non-hydrogen) atoms. The van der Waals surface area contributed by atoms with Gasteiger partial charge in [-0.15, -0.1) is 0 Å². The molecular weight excluding hydrogens is 288 g/mol. The first kappa shape index (κ1) is 14.5. The molecule has 120 valence electrons. The van der Waals surface area contributed by atoms with Crippen LogP contribution in [-0.4, -0.2) is 28.1 Å². The second-order valence-corrected chi connectivity index (χ2v) is 6.69. The zero-order valence-electron chi connectivity index (χ0n) is 13.5. The van der Waals surface area contributed by atoms with E-state index < -0.39 is 0 Å². The molecule has 3 aliphatic rings. The van der Waals surface area contributed by atoms with E-state index in [4.69, 9.17) is 0 Å². The van der Waals surface area contributed by atoms with Crippen molar-refractivity contribution in [2.45, 2.75) is 45.1 Å². The fourth-order valence-electron chi connectivity index (χ4n) is 4.62. The van der Waals surface area contributed by atoms with E-state index in [0.717, 1.165) is 37.9 Å². The third kappa shape index (κ3) is 2.04. The van der Waals surface area contributed by atoms with Crippen molar-refractivity contribution in [3.8, 4) is 0 Å². The van der Waals surface area contributed by atoms with Crippen LogP contribution in [0, 0.1) is 5.92 Å². The van der Waals surface area contributed by atoms with Gasteiger partial charge in [-0.05, 0) is 36.8 Å². The molecule has 0 fully saturated rings. The van der Waals surface area contributed by atoms with Crippen molar-refractivity contribution in [3.63, 3.8) is 0 Å². The van der Waals surface area contributed by atoms with Crippen LogP contribution in [0.1, 0.15) is 49.8 Å². The molecule has 0 unspecified atom stereocenters. The normalized spacial score (nSPS) is 28.5. The molecule has 0 radical (unpaired) electrons. The molecule has 1 aliphatic carbocycles. The summed E-state index contributed by atoms with van der Waals surface area (Å²) in [6.45, 7) is 3.06. The van der Waals surface area contributed by atoms with E-state index in [-0.39, 0.29) is 17.7 Å². The Bertz CT molecular complexity index is 720. The van der Waals surface area contributed by atoms with Gasteiger partial charge in [0.15, 0.2) is 5.78 Å². The van der Waals surface area contributed by atoms with E-state index >= 15 is 0 Å². The van der Waals surface area contributed by atoms with Gasteiger partial charge < -0.3 is 10.1 Å². The van der Waals surface area contributed by atoms with E-state index in [0.29, 0.717) is 17.7 Å². The monoisotopic (exact) mass is 310 g/mol. The van der Waals surface area contributed by atoms with Crippen LogP contribution in [0.15, 0.2) is 40.7 Å². The molecular formula is C19H22N2O2. The molecule has 0 spiro atoms. The van der Waals surface area contributed by atoms with Gasteiger partial charge in [0.1, 0.15) is 0 Å².